The first-order chi connectivity index (χ1) is 8.61. The second-order valence-electron chi connectivity index (χ2n) is 3.98. The lowest BCUT2D eigenvalue weighted by Crippen LogP contribution is -2.11. The number of aliphatic carboxylic acids is 1. The van der Waals surface area contributed by atoms with Crippen molar-refractivity contribution in [2.24, 2.45) is 0 Å². The van der Waals surface area contributed by atoms with Gasteiger partial charge < -0.3 is 5.11 Å². The lowest BCUT2D eigenvalue weighted by molar-refractivity contribution is -0.136. The normalized spacial score (nSPS) is 12.6. The van der Waals surface area contributed by atoms with Gasteiger partial charge in [0.2, 0.25) is 0 Å². The van der Waals surface area contributed by atoms with Gasteiger partial charge in [0.1, 0.15) is 16.6 Å². The van der Waals surface area contributed by atoms with Crippen molar-refractivity contribution in [2.75, 3.05) is 0 Å². The highest BCUT2D eigenvalue weighted by Crippen LogP contribution is 2.28. The van der Waals surface area contributed by atoms with Crippen molar-refractivity contribution in [3.8, 4) is 0 Å². The van der Waals surface area contributed by atoms with Gasteiger partial charge in [-0.2, -0.15) is 0 Å². The van der Waals surface area contributed by atoms with Gasteiger partial charge in [0.05, 0.1) is 5.52 Å². The number of benzene rings is 1. The summed E-state index contributed by atoms with van der Waals surface area (Å²) in [5.74, 6) is -0.835. The molecule has 94 valence electrons. The molecule has 0 saturated carbocycles. The minimum Gasteiger partial charge on any atom is -0.480 e. The van der Waals surface area contributed by atoms with Crippen LogP contribution < -0.4 is 0 Å². The van der Waals surface area contributed by atoms with Gasteiger partial charge in [-0.3, -0.25) is 4.79 Å². The van der Waals surface area contributed by atoms with E-state index in [2.05, 4.69) is 16.9 Å². The van der Waals surface area contributed by atoms with Crippen molar-refractivity contribution < 1.29 is 9.90 Å². The fourth-order valence-corrected chi connectivity index (χ4v) is 2.45. The molecule has 0 spiro atoms. The van der Waals surface area contributed by atoms with Gasteiger partial charge in [0.15, 0.2) is 0 Å². The highest BCUT2D eigenvalue weighted by atomic mass is 32.2. The van der Waals surface area contributed by atoms with Gasteiger partial charge in [-0.15, -0.1) is 0 Å². The smallest absolute Gasteiger partial charge is 0.316 e. The molecule has 1 atom stereocenters. The molecule has 0 fully saturated rings. The van der Waals surface area contributed by atoms with Crippen LogP contribution in [0, 0.1) is 0 Å². The Hall–Kier alpha value is -1.62. The topological polar surface area (TPSA) is 63.1 Å². The average Bonchev–Trinajstić information content (AvgIpc) is 2.38. The Morgan fingerprint density at radius 2 is 2.22 bits per heavy atom. The van der Waals surface area contributed by atoms with Crippen LogP contribution in [0.1, 0.15) is 19.4 Å². The molecule has 0 aliphatic heterocycles. The molecule has 0 saturated heterocycles. The zero-order valence-electron chi connectivity index (χ0n) is 10.3. The van der Waals surface area contributed by atoms with Gasteiger partial charge in [0, 0.05) is 5.39 Å². The van der Waals surface area contributed by atoms with E-state index in [9.17, 15) is 4.79 Å². The van der Waals surface area contributed by atoms with Crippen molar-refractivity contribution in [3.05, 3.63) is 30.1 Å². The van der Waals surface area contributed by atoms with Gasteiger partial charge in [0.25, 0.3) is 0 Å². The SMILES string of the molecule is CCc1ccc2ncnc(SC(C)C(=O)O)c2c1. The Balaban J connectivity index is 2.46. The standard InChI is InChI=1S/C13H14N2O2S/c1-3-9-4-5-11-10(6-9)12(15-7-14-11)18-8(2)13(16)17/h4-8H,3H2,1-2H3,(H,16,17). The Morgan fingerprint density at radius 3 is 2.89 bits per heavy atom. The monoisotopic (exact) mass is 262 g/mol. The largest absolute Gasteiger partial charge is 0.480 e. The summed E-state index contributed by atoms with van der Waals surface area (Å²) < 4.78 is 0. The number of aryl methyl sites for hydroxylation is 1. The van der Waals surface area contributed by atoms with Crippen LogP contribution in [0.5, 0.6) is 0 Å². The first-order valence-electron chi connectivity index (χ1n) is 5.75. The molecule has 0 aliphatic carbocycles. The highest BCUT2D eigenvalue weighted by Gasteiger charge is 2.15. The summed E-state index contributed by atoms with van der Waals surface area (Å²) in [7, 11) is 0. The van der Waals surface area contributed by atoms with E-state index in [1.165, 1.54) is 23.7 Å². The summed E-state index contributed by atoms with van der Waals surface area (Å²) >= 11 is 1.25. The third-order valence-electron chi connectivity index (χ3n) is 2.71. The molecule has 2 aromatic rings. The maximum Gasteiger partial charge on any atom is 0.316 e. The Morgan fingerprint density at radius 1 is 1.44 bits per heavy atom. The molecule has 0 radical (unpaired) electrons. The van der Waals surface area contributed by atoms with Crippen molar-refractivity contribution in [1.82, 2.24) is 9.97 Å². The van der Waals surface area contributed by atoms with Crippen molar-refractivity contribution >= 4 is 28.6 Å². The molecule has 1 aromatic heterocycles. The lowest BCUT2D eigenvalue weighted by Gasteiger charge is -2.08. The van der Waals surface area contributed by atoms with Crippen molar-refractivity contribution in [1.29, 1.82) is 0 Å². The molecule has 4 nitrogen and oxygen atoms in total. The van der Waals surface area contributed by atoms with E-state index in [4.69, 9.17) is 5.11 Å². The van der Waals surface area contributed by atoms with Crippen LogP contribution in [0.15, 0.2) is 29.6 Å². The number of aromatic nitrogens is 2. The predicted molar refractivity (Wildman–Crippen MR) is 71.9 cm³/mol. The first-order valence-corrected chi connectivity index (χ1v) is 6.63. The second-order valence-corrected chi connectivity index (χ2v) is 5.31. The van der Waals surface area contributed by atoms with Gasteiger partial charge in [-0.05, 0) is 31.0 Å². The fraction of sp³-hybridized carbons (Fsp3) is 0.308. The Labute approximate surface area is 109 Å². The molecular weight excluding hydrogens is 248 g/mol. The summed E-state index contributed by atoms with van der Waals surface area (Å²) in [4.78, 5) is 19.3. The molecule has 2 rings (SSSR count). The average molecular weight is 262 g/mol. The number of carboxylic acid groups (broad SMARTS) is 1. The van der Waals surface area contributed by atoms with Crippen molar-refractivity contribution in [2.45, 2.75) is 30.5 Å². The quantitative estimate of drug-likeness (QED) is 0.678. The zero-order chi connectivity index (χ0) is 13.1. The molecule has 1 heterocycles. The van der Waals surface area contributed by atoms with E-state index in [1.807, 2.05) is 18.2 Å². The van der Waals surface area contributed by atoms with E-state index in [1.54, 1.807) is 6.92 Å². The van der Waals surface area contributed by atoms with Crippen LogP contribution >= 0.6 is 11.8 Å². The molecule has 0 amide bonds. The molecule has 1 unspecified atom stereocenters. The summed E-state index contributed by atoms with van der Waals surface area (Å²) in [6.45, 7) is 3.74. The number of carboxylic acids is 1. The molecule has 18 heavy (non-hydrogen) atoms. The van der Waals surface area contributed by atoms with Crippen LogP contribution in [0.2, 0.25) is 0 Å². The van der Waals surface area contributed by atoms with Crippen LogP contribution in [0.3, 0.4) is 0 Å². The van der Waals surface area contributed by atoms with Gasteiger partial charge in [-0.1, -0.05) is 24.8 Å². The number of fused-ring (bicyclic) bond motifs is 1. The summed E-state index contributed by atoms with van der Waals surface area (Å²) in [5, 5.41) is 10.1. The molecule has 1 aromatic carbocycles. The second kappa shape index (κ2) is 5.35. The lowest BCUT2D eigenvalue weighted by atomic mass is 10.1. The molecular formula is C13H14N2O2S. The van der Waals surface area contributed by atoms with E-state index in [0.717, 1.165) is 22.3 Å². The summed E-state index contributed by atoms with van der Waals surface area (Å²) in [6, 6.07) is 6.02. The fourth-order valence-electron chi connectivity index (χ4n) is 1.61. The molecule has 1 N–H and O–H groups in total. The van der Waals surface area contributed by atoms with Crippen LogP contribution in [0.25, 0.3) is 10.9 Å². The van der Waals surface area contributed by atoms with Crippen LogP contribution in [-0.2, 0) is 11.2 Å². The maximum atomic E-state index is 10.9. The number of hydrogen-bond donors (Lipinski definition) is 1. The third kappa shape index (κ3) is 2.61. The zero-order valence-corrected chi connectivity index (χ0v) is 11.1. The number of nitrogens with zero attached hydrogens (tertiary/aromatic N) is 2. The van der Waals surface area contributed by atoms with Gasteiger partial charge in [-0.25, -0.2) is 9.97 Å². The van der Waals surface area contributed by atoms with Crippen molar-refractivity contribution in [3.63, 3.8) is 0 Å². The highest BCUT2D eigenvalue weighted by molar-refractivity contribution is 8.00. The predicted octanol–water partition coefficient (Wildman–Crippen LogP) is 2.76. The minimum absolute atomic E-state index is 0.520. The number of thioether (sulfide) groups is 1. The van der Waals surface area contributed by atoms with Gasteiger partial charge >= 0.3 is 5.97 Å². The maximum absolute atomic E-state index is 10.9. The number of rotatable bonds is 4. The van der Waals surface area contributed by atoms with Crippen LogP contribution in [0.4, 0.5) is 0 Å². The minimum atomic E-state index is -0.835. The van der Waals surface area contributed by atoms with Crippen LogP contribution in [-0.4, -0.2) is 26.3 Å². The summed E-state index contributed by atoms with van der Waals surface area (Å²) in [6.07, 6.45) is 2.41. The Kier molecular flexibility index (Phi) is 3.81. The van der Waals surface area contributed by atoms with E-state index >= 15 is 0 Å². The van der Waals surface area contributed by atoms with E-state index in [0.29, 0.717) is 0 Å². The first kappa shape index (κ1) is 12.8. The summed E-state index contributed by atoms with van der Waals surface area (Å²) in [5.41, 5.74) is 2.05. The number of carbonyl (C=O) groups is 1. The number of hydrogen-bond acceptors (Lipinski definition) is 4. The third-order valence-corrected chi connectivity index (χ3v) is 3.81. The van der Waals surface area contributed by atoms with E-state index < -0.39 is 11.2 Å². The Bertz CT molecular complexity index is 586. The molecule has 5 heteroatoms. The molecule has 0 aliphatic rings. The van der Waals surface area contributed by atoms with E-state index in [-0.39, 0.29) is 0 Å². The molecule has 0 bridgehead atoms.